The normalized spacial score (nSPS) is 22.3. The molecule has 2 aromatic rings. The highest BCUT2D eigenvalue weighted by Gasteiger charge is 2.42. The fourth-order valence-electron chi connectivity index (χ4n) is 3.72. The molecule has 0 bridgehead atoms. The number of rotatable bonds is 4. The molecule has 6 nitrogen and oxygen atoms in total. The number of thioether (sulfide) groups is 1. The SMILES string of the molecule is CC[C@H](C)Sc1nc2c(c(=O)[nH]1)[C@H](c1cccnc1)[C@H]1C(=O)CCC=C1N2. The van der Waals surface area contributed by atoms with Crippen molar-refractivity contribution in [1.82, 2.24) is 15.0 Å². The number of ketones is 1. The zero-order chi connectivity index (χ0) is 19.0. The summed E-state index contributed by atoms with van der Waals surface area (Å²) in [5, 5.41) is 4.23. The van der Waals surface area contributed by atoms with E-state index >= 15 is 0 Å². The summed E-state index contributed by atoms with van der Waals surface area (Å²) in [5.41, 5.74) is 2.05. The van der Waals surface area contributed by atoms with E-state index in [9.17, 15) is 9.59 Å². The maximum absolute atomic E-state index is 13.0. The monoisotopic (exact) mass is 382 g/mol. The van der Waals surface area contributed by atoms with E-state index in [1.54, 1.807) is 24.2 Å². The van der Waals surface area contributed by atoms with Crippen LogP contribution >= 0.6 is 11.8 Å². The number of H-pyrrole nitrogens is 1. The van der Waals surface area contributed by atoms with Crippen molar-refractivity contribution in [2.24, 2.45) is 5.92 Å². The first kappa shape index (κ1) is 18.0. The third-order valence-corrected chi connectivity index (χ3v) is 6.36. The Labute approximate surface area is 161 Å². The van der Waals surface area contributed by atoms with E-state index in [1.165, 1.54) is 0 Å². The third-order valence-electron chi connectivity index (χ3n) is 5.21. The Bertz CT molecular complexity index is 954. The maximum Gasteiger partial charge on any atom is 0.257 e. The van der Waals surface area contributed by atoms with Gasteiger partial charge in [-0.1, -0.05) is 37.8 Å². The molecule has 0 radical (unpaired) electrons. The smallest absolute Gasteiger partial charge is 0.257 e. The summed E-state index contributed by atoms with van der Waals surface area (Å²) in [5.74, 6) is -0.0492. The van der Waals surface area contributed by atoms with Crippen LogP contribution in [0.1, 0.15) is 50.2 Å². The highest BCUT2D eigenvalue weighted by Crippen LogP contribution is 2.44. The van der Waals surface area contributed by atoms with Crippen molar-refractivity contribution >= 4 is 23.4 Å². The molecule has 1 aliphatic heterocycles. The lowest BCUT2D eigenvalue weighted by Crippen LogP contribution is -2.38. The highest BCUT2D eigenvalue weighted by atomic mass is 32.2. The highest BCUT2D eigenvalue weighted by molar-refractivity contribution is 7.99. The Morgan fingerprint density at radius 2 is 2.19 bits per heavy atom. The Morgan fingerprint density at radius 3 is 2.93 bits per heavy atom. The van der Waals surface area contributed by atoms with Gasteiger partial charge in [0.1, 0.15) is 11.6 Å². The van der Waals surface area contributed by atoms with Crippen LogP contribution in [-0.2, 0) is 4.79 Å². The number of nitrogens with one attached hydrogen (secondary N) is 2. The topological polar surface area (TPSA) is 87.7 Å². The second-order valence-corrected chi connectivity index (χ2v) is 8.43. The van der Waals surface area contributed by atoms with Crippen LogP contribution in [0.15, 0.2) is 46.3 Å². The molecule has 3 atom stereocenters. The van der Waals surface area contributed by atoms with Gasteiger partial charge in [0.25, 0.3) is 5.56 Å². The number of aromatic amines is 1. The van der Waals surface area contributed by atoms with Gasteiger partial charge in [-0.15, -0.1) is 0 Å². The van der Waals surface area contributed by atoms with E-state index in [-0.39, 0.29) is 23.2 Å². The van der Waals surface area contributed by atoms with Crippen LogP contribution in [0.3, 0.4) is 0 Å². The molecule has 0 spiro atoms. The average Bonchev–Trinajstić information content (AvgIpc) is 2.67. The molecule has 140 valence electrons. The van der Waals surface area contributed by atoms with E-state index in [4.69, 9.17) is 0 Å². The van der Waals surface area contributed by atoms with Crippen molar-refractivity contribution in [1.29, 1.82) is 0 Å². The Balaban J connectivity index is 1.88. The molecule has 0 saturated heterocycles. The van der Waals surface area contributed by atoms with Crippen LogP contribution in [0, 0.1) is 5.92 Å². The molecule has 4 rings (SSSR count). The second kappa shape index (κ2) is 7.31. The molecule has 0 saturated carbocycles. The second-order valence-electron chi connectivity index (χ2n) is 7.00. The van der Waals surface area contributed by atoms with Gasteiger partial charge in [0.05, 0.1) is 11.5 Å². The van der Waals surface area contributed by atoms with Gasteiger partial charge < -0.3 is 10.3 Å². The molecule has 0 unspecified atom stereocenters. The van der Waals surface area contributed by atoms with Crippen LogP contribution < -0.4 is 10.9 Å². The van der Waals surface area contributed by atoms with Gasteiger partial charge in [0, 0.05) is 35.7 Å². The number of anilines is 1. The van der Waals surface area contributed by atoms with E-state index < -0.39 is 0 Å². The van der Waals surface area contributed by atoms with Gasteiger partial charge in [-0.3, -0.25) is 14.6 Å². The Hall–Kier alpha value is -2.41. The predicted octanol–water partition coefficient (Wildman–Crippen LogP) is 3.48. The summed E-state index contributed by atoms with van der Waals surface area (Å²) < 4.78 is 0. The molecule has 27 heavy (non-hydrogen) atoms. The molecule has 0 amide bonds. The number of allylic oxidation sites excluding steroid dienone is 2. The average molecular weight is 382 g/mol. The molecule has 2 aliphatic rings. The predicted molar refractivity (Wildman–Crippen MR) is 106 cm³/mol. The number of carbonyl (C=O) groups is 1. The summed E-state index contributed by atoms with van der Waals surface area (Å²) in [7, 11) is 0. The van der Waals surface area contributed by atoms with E-state index in [0.29, 0.717) is 34.6 Å². The molecular formula is C20H22N4O2S. The number of hydrogen-bond donors (Lipinski definition) is 2. The maximum atomic E-state index is 13.0. The van der Waals surface area contributed by atoms with Gasteiger partial charge in [0.15, 0.2) is 5.16 Å². The molecule has 0 fully saturated rings. The zero-order valence-electron chi connectivity index (χ0n) is 15.4. The molecule has 1 aliphatic carbocycles. The molecule has 2 N–H and O–H groups in total. The van der Waals surface area contributed by atoms with Crippen molar-refractivity contribution in [3.63, 3.8) is 0 Å². The lowest BCUT2D eigenvalue weighted by atomic mass is 9.72. The number of hydrogen-bond acceptors (Lipinski definition) is 6. The van der Waals surface area contributed by atoms with Crippen LogP contribution in [0.4, 0.5) is 5.82 Å². The number of carbonyl (C=O) groups excluding carboxylic acids is 1. The van der Waals surface area contributed by atoms with Gasteiger partial charge in [-0.25, -0.2) is 4.98 Å². The minimum absolute atomic E-state index is 0.150. The lowest BCUT2D eigenvalue weighted by Gasteiger charge is -2.36. The van der Waals surface area contributed by atoms with E-state index in [2.05, 4.69) is 40.2 Å². The quantitative estimate of drug-likeness (QED) is 0.622. The summed E-state index contributed by atoms with van der Waals surface area (Å²) in [6.07, 6.45) is 7.68. The van der Waals surface area contributed by atoms with Crippen molar-refractivity contribution in [2.45, 2.75) is 49.4 Å². The van der Waals surface area contributed by atoms with E-state index in [1.807, 2.05) is 12.1 Å². The van der Waals surface area contributed by atoms with E-state index in [0.717, 1.165) is 17.7 Å². The van der Waals surface area contributed by atoms with Crippen LogP contribution in [-0.4, -0.2) is 26.0 Å². The number of Topliss-reactive ketones (excluding diaryl/α,β-unsaturated/α-hetero) is 1. The molecule has 3 heterocycles. The van der Waals surface area contributed by atoms with Gasteiger partial charge in [-0.2, -0.15) is 0 Å². The first-order valence-electron chi connectivity index (χ1n) is 9.29. The summed E-state index contributed by atoms with van der Waals surface area (Å²) in [6, 6.07) is 3.76. The van der Waals surface area contributed by atoms with Gasteiger partial charge in [0.2, 0.25) is 0 Å². The zero-order valence-corrected chi connectivity index (χ0v) is 16.2. The van der Waals surface area contributed by atoms with Crippen LogP contribution in [0.25, 0.3) is 0 Å². The van der Waals surface area contributed by atoms with Crippen molar-refractivity contribution in [2.75, 3.05) is 5.32 Å². The largest absolute Gasteiger partial charge is 0.343 e. The first-order valence-corrected chi connectivity index (χ1v) is 10.2. The van der Waals surface area contributed by atoms with Crippen LogP contribution in [0.5, 0.6) is 0 Å². The first-order chi connectivity index (χ1) is 13.1. The molecular weight excluding hydrogens is 360 g/mol. The Kier molecular flexibility index (Phi) is 4.86. The fourth-order valence-corrected chi connectivity index (χ4v) is 4.56. The van der Waals surface area contributed by atoms with Gasteiger partial charge in [-0.05, 0) is 24.5 Å². The molecule has 7 heteroatoms. The van der Waals surface area contributed by atoms with Gasteiger partial charge >= 0.3 is 0 Å². The summed E-state index contributed by atoms with van der Waals surface area (Å²) in [4.78, 5) is 37.6. The minimum Gasteiger partial charge on any atom is -0.343 e. The number of fused-ring (bicyclic) bond motifs is 2. The standard InChI is InChI=1S/C20H22N4O2S/c1-3-11(2)27-20-23-18-17(19(26)24-20)15(12-6-5-9-21-10-12)16-13(22-18)7-4-8-14(16)25/h5-7,9-11,15-16H,3-4,8H2,1-2H3,(H2,22,23,24,26)/t11-,15+,16+/m0/s1. The summed E-state index contributed by atoms with van der Waals surface area (Å²) >= 11 is 1.55. The third kappa shape index (κ3) is 3.32. The number of pyridine rings is 1. The van der Waals surface area contributed by atoms with Crippen molar-refractivity contribution in [3.05, 3.63) is 57.8 Å². The fraction of sp³-hybridized carbons (Fsp3) is 0.400. The molecule has 2 aromatic heterocycles. The minimum atomic E-state index is -0.383. The van der Waals surface area contributed by atoms with Crippen molar-refractivity contribution < 1.29 is 4.79 Å². The van der Waals surface area contributed by atoms with Crippen molar-refractivity contribution in [3.8, 4) is 0 Å². The number of nitrogens with zero attached hydrogens (tertiary/aromatic N) is 2. The van der Waals surface area contributed by atoms with Crippen LogP contribution in [0.2, 0.25) is 0 Å². The lowest BCUT2D eigenvalue weighted by molar-refractivity contribution is -0.122. The summed E-state index contributed by atoms with van der Waals surface area (Å²) in [6.45, 7) is 4.21. The molecule has 0 aromatic carbocycles. The Morgan fingerprint density at radius 1 is 1.33 bits per heavy atom. The number of aromatic nitrogens is 3.